The highest BCUT2D eigenvalue weighted by Crippen LogP contribution is 2.30. The monoisotopic (exact) mass is 361 g/mol. The number of hydrogen-bond donors (Lipinski definition) is 2. The van der Waals surface area contributed by atoms with Crippen LogP contribution in [0.2, 0.25) is 0 Å². The van der Waals surface area contributed by atoms with E-state index in [9.17, 15) is 4.79 Å². The number of rotatable bonds is 5. The van der Waals surface area contributed by atoms with E-state index in [0.29, 0.717) is 13.1 Å². The fourth-order valence-electron chi connectivity index (χ4n) is 3.07. The Morgan fingerprint density at radius 1 is 1.24 bits per heavy atom. The van der Waals surface area contributed by atoms with Gasteiger partial charge in [0, 0.05) is 24.5 Å². The lowest BCUT2D eigenvalue weighted by atomic mass is 10.00. The van der Waals surface area contributed by atoms with Crippen LogP contribution in [0.1, 0.15) is 17.5 Å². The molecular formula is C19H24ClN3O2. The van der Waals surface area contributed by atoms with E-state index in [1.807, 2.05) is 42.5 Å². The molecule has 134 valence electrons. The molecule has 0 bridgehead atoms. The molecule has 0 aromatic heterocycles. The van der Waals surface area contributed by atoms with Crippen molar-refractivity contribution in [1.29, 1.82) is 0 Å². The van der Waals surface area contributed by atoms with E-state index < -0.39 is 0 Å². The van der Waals surface area contributed by atoms with Gasteiger partial charge in [0.25, 0.3) is 0 Å². The van der Waals surface area contributed by atoms with Crippen LogP contribution < -0.4 is 20.7 Å². The third kappa shape index (κ3) is 4.57. The molecule has 3 rings (SSSR count). The molecule has 0 unspecified atom stereocenters. The molecule has 1 heterocycles. The summed E-state index contributed by atoms with van der Waals surface area (Å²) in [5.41, 5.74) is 10.2. The second-order valence-electron chi connectivity index (χ2n) is 5.99. The predicted molar refractivity (Wildman–Crippen MR) is 103 cm³/mol. The fourth-order valence-corrected chi connectivity index (χ4v) is 3.07. The summed E-state index contributed by atoms with van der Waals surface area (Å²) in [4.78, 5) is 14.4. The number of halogens is 1. The average Bonchev–Trinajstić information content (AvgIpc) is 2.61. The Bertz CT molecular complexity index is 719. The number of nitrogens with zero attached hydrogens (tertiary/aromatic N) is 1. The molecule has 0 spiro atoms. The van der Waals surface area contributed by atoms with Gasteiger partial charge in [-0.15, -0.1) is 12.4 Å². The summed E-state index contributed by atoms with van der Waals surface area (Å²) in [6.45, 7) is 1.75. The van der Waals surface area contributed by atoms with Crippen molar-refractivity contribution in [3.05, 3.63) is 53.6 Å². The van der Waals surface area contributed by atoms with Crippen LogP contribution in [0, 0.1) is 0 Å². The van der Waals surface area contributed by atoms with Crippen molar-refractivity contribution in [2.75, 3.05) is 30.8 Å². The van der Waals surface area contributed by atoms with Gasteiger partial charge in [-0.1, -0.05) is 18.2 Å². The molecule has 1 aliphatic heterocycles. The van der Waals surface area contributed by atoms with Gasteiger partial charge in [0.2, 0.25) is 5.91 Å². The van der Waals surface area contributed by atoms with Crippen molar-refractivity contribution in [2.24, 2.45) is 0 Å². The van der Waals surface area contributed by atoms with Crippen LogP contribution in [0.4, 0.5) is 11.4 Å². The number of anilines is 2. The summed E-state index contributed by atoms with van der Waals surface area (Å²) in [5, 5.41) is 2.98. The van der Waals surface area contributed by atoms with Gasteiger partial charge in [-0.25, -0.2) is 0 Å². The number of nitrogens with two attached hydrogens (primary N) is 1. The van der Waals surface area contributed by atoms with Gasteiger partial charge in [0.1, 0.15) is 5.75 Å². The highest BCUT2D eigenvalue weighted by atomic mass is 35.5. The molecule has 0 saturated carbocycles. The molecule has 0 saturated heterocycles. The number of nitrogens with one attached hydrogen (secondary N) is 1. The topological polar surface area (TPSA) is 67.6 Å². The highest BCUT2D eigenvalue weighted by molar-refractivity contribution is 5.85. The minimum absolute atomic E-state index is 0. The second kappa shape index (κ2) is 8.62. The highest BCUT2D eigenvalue weighted by Gasteiger charge is 2.20. The van der Waals surface area contributed by atoms with Crippen molar-refractivity contribution in [3.63, 3.8) is 0 Å². The molecule has 2 aromatic carbocycles. The van der Waals surface area contributed by atoms with Gasteiger partial charge in [0.15, 0.2) is 0 Å². The molecule has 0 radical (unpaired) electrons. The van der Waals surface area contributed by atoms with E-state index in [2.05, 4.69) is 10.2 Å². The Morgan fingerprint density at radius 3 is 2.72 bits per heavy atom. The average molecular weight is 362 g/mol. The summed E-state index contributed by atoms with van der Waals surface area (Å²) in [6.07, 6.45) is 2.00. The van der Waals surface area contributed by atoms with Crippen LogP contribution in [0.3, 0.4) is 0 Å². The minimum atomic E-state index is 0. The first-order valence-corrected chi connectivity index (χ1v) is 8.19. The molecule has 6 heteroatoms. The lowest BCUT2D eigenvalue weighted by molar-refractivity contribution is -0.119. The number of hydrogen-bond acceptors (Lipinski definition) is 4. The first-order chi connectivity index (χ1) is 11.7. The van der Waals surface area contributed by atoms with Crippen molar-refractivity contribution >= 4 is 29.7 Å². The zero-order chi connectivity index (χ0) is 16.9. The summed E-state index contributed by atoms with van der Waals surface area (Å²) >= 11 is 0. The van der Waals surface area contributed by atoms with Gasteiger partial charge < -0.3 is 20.7 Å². The van der Waals surface area contributed by atoms with Crippen molar-refractivity contribution in [2.45, 2.75) is 19.4 Å². The molecule has 3 N–H and O–H groups in total. The van der Waals surface area contributed by atoms with E-state index in [1.54, 1.807) is 7.11 Å². The Labute approximate surface area is 154 Å². The van der Waals surface area contributed by atoms with E-state index >= 15 is 0 Å². The van der Waals surface area contributed by atoms with E-state index in [0.717, 1.165) is 47.6 Å². The molecule has 0 fully saturated rings. The smallest absolute Gasteiger partial charge is 0.239 e. The Hall–Kier alpha value is -2.40. The summed E-state index contributed by atoms with van der Waals surface area (Å²) in [6, 6.07) is 13.6. The third-order valence-electron chi connectivity index (χ3n) is 4.37. The molecule has 0 atom stereocenters. The quantitative estimate of drug-likeness (QED) is 0.803. The van der Waals surface area contributed by atoms with Gasteiger partial charge in [-0.2, -0.15) is 0 Å². The van der Waals surface area contributed by atoms with Crippen molar-refractivity contribution in [1.82, 2.24) is 5.32 Å². The maximum Gasteiger partial charge on any atom is 0.239 e. The normalized spacial score (nSPS) is 12.8. The number of amides is 1. The SMILES string of the molecule is COc1ccc(CNC(=O)CN2CCCc3c(N)cccc32)cc1.Cl. The zero-order valence-electron chi connectivity index (χ0n) is 14.3. The molecular weight excluding hydrogens is 338 g/mol. The standard InChI is InChI=1S/C19H23N3O2.ClH/c1-24-15-9-7-14(8-10-15)12-21-19(23)13-22-11-3-4-16-17(20)5-2-6-18(16)22;/h2,5-10H,3-4,11-13,20H2,1H3,(H,21,23);1H. The van der Waals surface area contributed by atoms with Gasteiger partial charge in [-0.05, 0) is 48.2 Å². The molecule has 2 aromatic rings. The Kier molecular flexibility index (Phi) is 6.53. The largest absolute Gasteiger partial charge is 0.497 e. The number of benzene rings is 2. The minimum Gasteiger partial charge on any atom is -0.497 e. The molecule has 1 amide bonds. The van der Waals surface area contributed by atoms with Gasteiger partial charge >= 0.3 is 0 Å². The Morgan fingerprint density at radius 2 is 2.00 bits per heavy atom. The van der Waals surface area contributed by atoms with E-state index in [4.69, 9.17) is 10.5 Å². The number of ether oxygens (including phenoxy) is 1. The lowest BCUT2D eigenvalue weighted by Gasteiger charge is -2.31. The third-order valence-corrected chi connectivity index (χ3v) is 4.37. The number of methoxy groups -OCH3 is 1. The van der Waals surface area contributed by atoms with Crippen LogP contribution in [0.5, 0.6) is 5.75 Å². The van der Waals surface area contributed by atoms with Crippen LogP contribution in [0.15, 0.2) is 42.5 Å². The summed E-state index contributed by atoms with van der Waals surface area (Å²) < 4.78 is 5.13. The maximum absolute atomic E-state index is 12.3. The van der Waals surface area contributed by atoms with E-state index in [1.165, 1.54) is 0 Å². The summed E-state index contributed by atoms with van der Waals surface area (Å²) in [7, 11) is 1.64. The first-order valence-electron chi connectivity index (χ1n) is 8.19. The van der Waals surface area contributed by atoms with Crippen LogP contribution in [-0.4, -0.2) is 26.1 Å². The second-order valence-corrected chi connectivity index (χ2v) is 5.99. The maximum atomic E-state index is 12.3. The van der Waals surface area contributed by atoms with E-state index in [-0.39, 0.29) is 18.3 Å². The molecule has 0 aliphatic carbocycles. The zero-order valence-corrected chi connectivity index (χ0v) is 15.1. The lowest BCUT2D eigenvalue weighted by Crippen LogP contribution is -2.39. The van der Waals surface area contributed by atoms with Gasteiger partial charge in [0.05, 0.1) is 13.7 Å². The number of carbonyl (C=O) groups excluding carboxylic acids is 1. The van der Waals surface area contributed by atoms with Crippen molar-refractivity contribution in [3.8, 4) is 5.75 Å². The molecule has 1 aliphatic rings. The van der Waals surface area contributed by atoms with Crippen LogP contribution in [0.25, 0.3) is 0 Å². The van der Waals surface area contributed by atoms with Crippen LogP contribution >= 0.6 is 12.4 Å². The number of carbonyl (C=O) groups is 1. The molecule has 5 nitrogen and oxygen atoms in total. The van der Waals surface area contributed by atoms with Gasteiger partial charge in [-0.3, -0.25) is 4.79 Å². The number of fused-ring (bicyclic) bond motifs is 1. The van der Waals surface area contributed by atoms with Crippen molar-refractivity contribution < 1.29 is 9.53 Å². The predicted octanol–water partition coefficient (Wildman–Crippen LogP) is 2.77. The number of nitrogen functional groups attached to an aromatic ring is 1. The summed E-state index contributed by atoms with van der Waals surface area (Å²) in [5.74, 6) is 0.827. The molecule has 25 heavy (non-hydrogen) atoms. The Balaban J connectivity index is 0.00000225. The van der Waals surface area contributed by atoms with Crippen LogP contribution in [-0.2, 0) is 17.8 Å². The first kappa shape index (κ1) is 18.9. The fraction of sp³-hybridized carbons (Fsp3) is 0.316.